The number of hydrogen-bond acceptors (Lipinski definition) is 0. The molecule has 0 unspecified atom stereocenters. The third-order valence-electron chi connectivity index (χ3n) is 3.04. The van der Waals surface area contributed by atoms with Gasteiger partial charge in [-0.25, -0.2) is 0 Å². The van der Waals surface area contributed by atoms with Crippen molar-refractivity contribution in [3.05, 3.63) is 24.0 Å². The number of halogens is 1. The van der Waals surface area contributed by atoms with Gasteiger partial charge in [-0.3, -0.25) is 4.70 Å². The summed E-state index contributed by atoms with van der Waals surface area (Å²) in [6.45, 7) is 5.71. The van der Waals surface area contributed by atoms with Crippen LogP contribution in [0.15, 0.2) is 18.3 Å². The lowest BCUT2D eigenvalue weighted by Gasteiger charge is -2.07. The smallest absolute Gasteiger partial charge is 0.0222 e. The Hall–Kier alpha value is -0.790. The van der Waals surface area contributed by atoms with E-state index in [1.54, 1.807) is 0 Å². The van der Waals surface area contributed by atoms with Crippen LogP contribution in [0.2, 0.25) is 0 Å². The van der Waals surface area contributed by atoms with Crippen molar-refractivity contribution in [3.8, 4) is 0 Å². The maximum absolute atomic E-state index is 2.40. The second kappa shape index (κ2) is 9.44. The van der Waals surface area contributed by atoms with Crippen LogP contribution in [-0.4, -0.2) is 4.57 Å². The van der Waals surface area contributed by atoms with E-state index >= 15 is 0 Å². The average Bonchev–Trinajstić information content (AvgIpc) is 2.70. The van der Waals surface area contributed by atoms with Gasteiger partial charge in [0, 0.05) is 18.4 Å². The molecule has 16 heavy (non-hydrogen) atoms. The lowest BCUT2D eigenvalue weighted by molar-refractivity contribution is 0.550. The molecule has 1 aromatic heterocycles. The van der Waals surface area contributed by atoms with Crippen LogP contribution in [0.25, 0.3) is 0 Å². The quantitative estimate of drug-likeness (QED) is 0.574. The van der Waals surface area contributed by atoms with Gasteiger partial charge in [-0.15, -0.1) is 0 Å². The van der Waals surface area contributed by atoms with Crippen LogP contribution in [0, 0.1) is 0 Å². The first kappa shape index (κ1) is 15.2. The highest BCUT2D eigenvalue weighted by Crippen LogP contribution is 2.09. The van der Waals surface area contributed by atoms with Gasteiger partial charge in [0.1, 0.15) is 0 Å². The van der Waals surface area contributed by atoms with Gasteiger partial charge in [0.2, 0.25) is 0 Å². The van der Waals surface area contributed by atoms with Crippen LogP contribution in [0.1, 0.15) is 58.1 Å². The number of aromatic nitrogens is 1. The topological polar surface area (TPSA) is 4.93 Å². The van der Waals surface area contributed by atoms with Crippen LogP contribution in [0.4, 0.5) is 4.70 Å². The summed E-state index contributed by atoms with van der Waals surface area (Å²) in [4.78, 5) is 0. The Morgan fingerprint density at radius 2 is 1.69 bits per heavy atom. The number of aryl methyl sites for hydroxylation is 2. The molecule has 0 aliphatic carbocycles. The van der Waals surface area contributed by atoms with E-state index in [0.717, 1.165) is 6.42 Å². The third-order valence-corrected chi connectivity index (χ3v) is 3.04. The highest BCUT2D eigenvalue weighted by Gasteiger charge is 1.97. The second-order valence-electron chi connectivity index (χ2n) is 4.31. The minimum Gasteiger partial charge on any atom is -0.351 e. The number of rotatable bonds is 8. The van der Waals surface area contributed by atoms with Crippen molar-refractivity contribution in [1.82, 2.24) is 4.57 Å². The molecular weight excluding hydrogens is 201 g/mol. The molecule has 0 saturated heterocycles. The Balaban J connectivity index is 0.00000225. The monoisotopic (exact) mass is 227 g/mol. The van der Waals surface area contributed by atoms with Gasteiger partial charge in [0.15, 0.2) is 0 Å². The van der Waals surface area contributed by atoms with Crippen LogP contribution >= 0.6 is 0 Å². The van der Waals surface area contributed by atoms with E-state index < -0.39 is 0 Å². The molecule has 1 aromatic rings. The van der Waals surface area contributed by atoms with E-state index in [4.69, 9.17) is 0 Å². The molecule has 1 nitrogen and oxygen atoms in total. The van der Waals surface area contributed by atoms with Crippen LogP contribution < -0.4 is 0 Å². The van der Waals surface area contributed by atoms with E-state index in [1.165, 1.54) is 50.8 Å². The fourth-order valence-corrected chi connectivity index (χ4v) is 2.05. The largest absolute Gasteiger partial charge is 0.351 e. The summed E-state index contributed by atoms with van der Waals surface area (Å²) in [7, 11) is 0. The second-order valence-corrected chi connectivity index (χ2v) is 4.31. The molecule has 1 rings (SSSR count). The molecule has 0 atom stereocenters. The Bertz CT molecular complexity index is 255. The summed E-state index contributed by atoms with van der Waals surface area (Å²) < 4.78 is 2.40. The predicted molar refractivity (Wildman–Crippen MR) is 69.7 cm³/mol. The molecule has 0 aromatic carbocycles. The summed E-state index contributed by atoms with van der Waals surface area (Å²) >= 11 is 0. The maximum atomic E-state index is 2.40. The molecule has 0 aliphatic heterocycles. The van der Waals surface area contributed by atoms with Crippen molar-refractivity contribution < 1.29 is 4.70 Å². The first-order valence-electron chi connectivity index (χ1n) is 6.52. The zero-order valence-electron chi connectivity index (χ0n) is 10.7. The minimum atomic E-state index is 0. The summed E-state index contributed by atoms with van der Waals surface area (Å²) in [6, 6.07) is 4.40. The predicted octanol–water partition coefficient (Wildman–Crippen LogP) is 4.56. The molecule has 94 valence electrons. The van der Waals surface area contributed by atoms with Crippen molar-refractivity contribution in [2.75, 3.05) is 0 Å². The van der Waals surface area contributed by atoms with Crippen molar-refractivity contribution in [2.45, 2.75) is 65.3 Å². The zero-order chi connectivity index (χ0) is 10.9. The minimum absolute atomic E-state index is 0. The molecule has 0 N–H and O–H groups in total. The first-order valence-corrected chi connectivity index (χ1v) is 6.52. The van der Waals surface area contributed by atoms with Gasteiger partial charge >= 0.3 is 0 Å². The Kier molecular flexibility index (Phi) is 8.97. The van der Waals surface area contributed by atoms with E-state index in [1.807, 2.05) is 0 Å². The van der Waals surface area contributed by atoms with Crippen LogP contribution in [-0.2, 0) is 13.0 Å². The van der Waals surface area contributed by atoms with Crippen LogP contribution in [0.5, 0.6) is 0 Å². The Morgan fingerprint density at radius 1 is 1.00 bits per heavy atom. The lowest BCUT2D eigenvalue weighted by atomic mass is 10.1. The molecule has 0 fully saturated rings. The molecule has 1 heterocycles. The van der Waals surface area contributed by atoms with Crippen molar-refractivity contribution >= 4 is 0 Å². The Labute approximate surface area is 99.2 Å². The van der Waals surface area contributed by atoms with Crippen molar-refractivity contribution in [3.63, 3.8) is 0 Å². The third kappa shape index (κ3) is 5.34. The molecular formula is C14H26FN. The van der Waals surface area contributed by atoms with Gasteiger partial charge in [-0.2, -0.15) is 0 Å². The molecule has 2 heteroatoms. The average molecular weight is 227 g/mol. The van der Waals surface area contributed by atoms with E-state index in [2.05, 4.69) is 36.7 Å². The van der Waals surface area contributed by atoms with Crippen molar-refractivity contribution in [1.29, 1.82) is 0 Å². The van der Waals surface area contributed by atoms with Gasteiger partial charge in [-0.05, 0) is 25.0 Å². The standard InChI is InChI=1S/C14H25N.FH/c1-3-5-6-7-8-9-12-15-13-10-11-14(15)4-2;/h10-11,13H,3-9,12H2,1-2H3;1H. The number of hydrogen-bond donors (Lipinski definition) is 0. The zero-order valence-corrected chi connectivity index (χ0v) is 10.7. The molecule has 0 amide bonds. The SMILES string of the molecule is CCCCCCCCn1cccc1CC.F. The summed E-state index contributed by atoms with van der Waals surface area (Å²) in [6.07, 6.45) is 11.7. The molecule has 0 aliphatic rings. The number of unbranched alkanes of at least 4 members (excludes halogenated alkanes) is 5. The van der Waals surface area contributed by atoms with E-state index in [0.29, 0.717) is 0 Å². The van der Waals surface area contributed by atoms with Gasteiger partial charge in [-0.1, -0.05) is 46.0 Å². The summed E-state index contributed by atoms with van der Waals surface area (Å²) in [5, 5.41) is 0. The van der Waals surface area contributed by atoms with Gasteiger partial charge in [0.05, 0.1) is 0 Å². The first-order chi connectivity index (χ1) is 7.38. The molecule has 0 bridgehead atoms. The number of nitrogens with zero attached hydrogens (tertiary/aromatic N) is 1. The van der Waals surface area contributed by atoms with Crippen LogP contribution in [0.3, 0.4) is 0 Å². The lowest BCUT2D eigenvalue weighted by Crippen LogP contribution is -2.00. The Morgan fingerprint density at radius 3 is 2.38 bits per heavy atom. The highest BCUT2D eigenvalue weighted by molar-refractivity contribution is 5.06. The molecule has 0 saturated carbocycles. The normalized spacial score (nSPS) is 10.1. The maximum Gasteiger partial charge on any atom is 0.0222 e. The van der Waals surface area contributed by atoms with E-state index in [-0.39, 0.29) is 4.70 Å². The van der Waals surface area contributed by atoms with Gasteiger partial charge in [0.25, 0.3) is 0 Å². The molecule has 0 radical (unpaired) electrons. The summed E-state index contributed by atoms with van der Waals surface area (Å²) in [5.74, 6) is 0. The highest BCUT2D eigenvalue weighted by atomic mass is 19.0. The van der Waals surface area contributed by atoms with E-state index in [9.17, 15) is 0 Å². The molecule has 0 spiro atoms. The fourth-order valence-electron chi connectivity index (χ4n) is 2.05. The van der Waals surface area contributed by atoms with Gasteiger partial charge < -0.3 is 4.57 Å². The summed E-state index contributed by atoms with van der Waals surface area (Å²) in [5.41, 5.74) is 1.48. The van der Waals surface area contributed by atoms with Crippen molar-refractivity contribution in [2.24, 2.45) is 0 Å². The fraction of sp³-hybridized carbons (Fsp3) is 0.714.